The van der Waals surface area contributed by atoms with Gasteiger partial charge in [0.25, 0.3) is 0 Å². The zero-order valence-corrected chi connectivity index (χ0v) is 10.9. The molecule has 0 aliphatic carbocycles. The first-order chi connectivity index (χ1) is 9.35. The number of para-hydroxylation sites is 1. The Labute approximate surface area is 113 Å². The molecule has 0 saturated carbocycles. The second-order valence-corrected chi connectivity index (χ2v) is 4.04. The Kier molecular flexibility index (Phi) is 4.35. The molecular formula is C15H16N4. The van der Waals surface area contributed by atoms with Crippen molar-refractivity contribution in [2.24, 2.45) is 0 Å². The van der Waals surface area contributed by atoms with Gasteiger partial charge in [0.1, 0.15) is 5.82 Å². The molecule has 2 rings (SSSR count). The van der Waals surface area contributed by atoms with Gasteiger partial charge in [0.05, 0.1) is 12.5 Å². The fourth-order valence-electron chi connectivity index (χ4n) is 1.90. The fraction of sp³-hybridized carbons (Fsp3) is 0.200. The van der Waals surface area contributed by atoms with E-state index < -0.39 is 0 Å². The zero-order chi connectivity index (χ0) is 13.5. The molecule has 4 nitrogen and oxygen atoms in total. The molecule has 0 unspecified atom stereocenters. The van der Waals surface area contributed by atoms with Crippen molar-refractivity contribution in [1.29, 1.82) is 5.26 Å². The number of benzene rings is 1. The summed E-state index contributed by atoms with van der Waals surface area (Å²) < 4.78 is 0. The molecule has 0 amide bonds. The summed E-state index contributed by atoms with van der Waals surface area (Å²) in [6, 6.07) is 16.2. The summed E-state index contributed by atoms with van der Waals surface area (Å²) in [6.45, 7) is 0.660. The third-order valence-corrected chi connectivity index (χ3v) is 2.83. The lowest BCUT2D eigenvalue weighted by Crippen LogP contribution is -2.18. The van der Waals surface area contributed by atoms with Crippen LogP contribution in [0.25, 0.3) is 0 Å². The van der Waals surface area contributed by atoms with Crippen LogP contribution in [0.2, 0.25) is 0 Å². The van der Waals surface area contributed by atoms with Gasteiger partial charge in [-0.2, -0.15) is 5.26 Å². The Morgan fingerprint density at radius 3 is 2.68 bits per heavy atom. The van der Waals surface area contributed by atoms with Crippen molar-refractivity contribution in [3.8, 4) is 6.07 Å². The molecule has 1 heterocycles. The van der Waals surface area contributed by atoms with Crippen molar-refractivity contribution in [3.05, 3.63) is 48.7 Å². The highest BCUT2D eigenvalue weighted by Gasteiger charge is 2.09. The number of nitriles is 1. The molecule has 0 saturated heterocycles. The van der Waals surface area contributed by atoms with E-state index in [1.54, 1.807) is 6.20 Å². The smallest absolute Gasteiger partial charge is 0.127 e. The Balaban J connectivity index is 2.34. The lowest BCUT2D eigenvalue weighted by atomic mass is 10.2. The van der Waals surface area contributed by atoms with Gasteiger partial charge in [0.2, 0.25) is 0 Å². The average molecular weight is 252 g/mol. The van der Waals surface area contributed by atoms with Crippen LogP contribution in [0.4, 0.5) is 17.2 Å². The molecule has 0 atom stereocenters. The van der Waals surface area contributed by atoms with Gasteiger partial charge in [-0.3, -0.25) is 0 Å². The topological polar surface area (TPSA) is 52.0 Å². The van der Waals surface area contributed by atoms with E-state index in [1.807, 2.05) is 49.5 Å². The molecule has 1 aromatic carbocycles. The highest BCUT2D eigenvalue weighted by molar-refractivity contribution is 5.65. The van der Waals surface area contributed by atoms with E-state index in [0.717, 1.165) is 17.2 Å². The normalized spacial score (nSPS) is 9.68. The third kappa shape index (κ3) is 3.23. The van der Waals surface area contributed by atoms with E-state index in [-0.39, 0.29) is 0 Å². The first kappa shape index (κ1) is 12.9. The van der Waals surface area contributed by atoms with Crippen LogP contribution < -0.4 is 10.2 Å². The Morgan fingerprint density at radius 1 is 1.21 bits per heavy atom. The molecule has 1 aromatic heterocycles. The first-order valence-electron chi connectivity index (χ1n) is 6.18. The predicted octanol–water partition coefficient (Wildman–Crippen LogP) is 3.18. The lowest BCUT2D eigenvalue weighted by molar-refractivity contribution is 0.946. The molecule has 0 bridgehead atoms. The summed E-state index contributed by atoms with van der Waals surface area (Å²) in [4.78, 5) is 6.33. The largest absolute Gasteiger partial charge is 0.373 e. The maximum absolute atomic E-state index is 8.81. The van der Waals surface area contributed by atoms with Gasteiger partial charge in [-0.15, -0.1) is 0 Å². The van der Waals surface area contributed by atoms with Crippen molar-refractivity contribution in [2.45, 2.75) is 6.42 Å². The molecule has 4 heteroatoms. The molecule has 0 aliphatic heterocycles. The van der Waals surface area contributed by atoms with Crippen LogP contribution in [0, 0.1) is 11.3 Å². The molecule has 19 heavy (non-hydrogen) atoms. The molecule has 0 aliphatic rings. The highest BCUT2D eigenvalue weighted by atomic mass is 15.1. The SMILES string of the molecule is CNc1cc(N(CCC#N)c2ccccc2)ccn1. The standard InChI is InChI=1S/C15H16N4/c1-17-15-12-14(8-10-18-15)19(11-5-9-16)13-6-3-2-4-7-13/h2-4,6-8,10,12H,5,11H2,1H3,(H,17,18). The maximum atomic E-state index is 8.81. The van der Waals surface area contributed by atoms with Crippen LogP contribution in [-0.4, -0.2) is 18.6 Å². The first-order valence-corrected chi connectivity index (χ1v) is 6.18. The van der Waals surface area contributed by atoms with Gasteiger partial charge < -0.3 is 10.2 Å². The fourth-order valence-corrected chi connectivity index (χ4v) is 1.90. The Hall–Kier alpha value is -2.54. The second kappa shape index (κ2) is 6.41. The molecule has 0 spiro atoms. The van der Waals surface area contributed by atoms with E-state index >= 15 is 0 Å². The monoisotopic (exact) mass is 252 g/mol. The van der Waals surface area contributed by atoms with E-state index in [0.29, 0.717) is 13.0 Å². The van der Waals surface area contributed by atoms with Crippen LogP contribution >= 0.6 is 0 Å². The van der Waals surface area contributed by atoms with Crippen molar-refractivity contribution >= 4 is 17.2 Å². The molecule has 2 aromatic rings. The van der Waals surface area contributed by atoms with Crippen molar-refractivity contribution in [2.75, 3.05) is 23.8 Å². The summed E-state index contributed by atoms with van der Waals surface area (Å²) in [5, 5.41) is 11.8. The highest BCUT2D eigenvalue weighted by Crippen LogP contribution is 2.26. The summed E-state index contributed by atoms with van der Waals surface area (Å²) in [5.41, 5.74) is 2.10. The summed E-state index contributed by atoms with van der Waals surface area (Å²) in [6.07, 6.45) is 2.25. The van der Waals surface area contributed by atoms with Gasteiger partial charge in [-0.1, -0.05) is 18.2 Å². The quantitative estimate of drug-likeness (QED) is 0.888. The van der Waals surface area contributed by atoms with Gasteiger partial charge in [0, 0.05) is 37.2 Å². The molecule has 1 N–H and O–H groups in total. The molecule has 0 radical (unpaired) electrons. The van der Waals surface area contributed by atoms with Gasteiger partial charge in [0.15, 0.2) is 0 Å². The average Bonchev–Trinajstić information content (AvgIpc) is 2.49. The number of aromatic nitrogens is 1. The number of rotatable bonds is 5. The minimum absolute atomic E-state index is 0.478. The van der Waals surface area contributed by atoms with Crippen molar-refractivity contribution in [3.63, 3.8) is 0 Å². The van der Waals surface area contributed by atoms with E-state index in [9.17, 15) is 0 Å². The van der Waals surface area contributed by atoms with Gasteiger partial charge in [-0.25, -0.2) is 4.98 Å². The number of hydrogen-bond acceptors (Lipinski definition) is 4. The van der Waals surface area contributed by atoms with Crippen LogP contribution in [-0.2, 0) is 0 Å². The van der Waals surface area contributed by atoms with E-state index in [2.05, 4.69) is 21.3 Å². The van der Waals surface area contributed by atoms with Crippen LogP contribution in [0.5, 0.6) is 0 Å². The summed E-state index contributed by atoms with van der Waals surface area (Å²) in [7, 11) is 1.84. The zero-order valence-electron chi connectivity index (χ0n) is 10.9. The molecular weight excluding hydrogens is 236 g/mol. The lowest BCUT2D eigenvalue weighted by Gasteiger charge is -2.24. The number of pyridine rings is 1. The van der Waals surface area contributed by atoms with Crippen LogP contribution in [0.1, 0.15) is 6.42 Å². The minimum atomic E-state index is 0.478. The van der Waals surface area contributed by atoms with Crippen LogP contribution in [0.15, 0.2) is 48.7 Å². The minimum Gasteiger partial charge on any atom is -0.373 e. The number of hydrogen-bond donors (Lipinski definition) is 1. The molecule has 96 valence electrons. The van der Waals surface area contributed by atoms with Gasteiger partial charge in [-0.05, 0) is 18.2 Å². The number of anilines is 3. The number of nitrogens with zero attached hydrogens (tertiary/aromatic N) is 3. The van der Waals surface area contributed by atoms with Gasteiger partial charge >= 0.3 is 0 Å². The van der Waals surface area contributed by atoms with Crippen LogP contribution in [0.3, 0.4) is 0 Å². The predicted molar refractivity (Wildman–Crippen MR) is 77.5 cm³/mol. The Bertz CT molecular complexity index is 560. The van der Waals surface area contributed by atoms with Crippen molar-refractivity contribution in [1.82, 2.24) is 4.98 Å². The summed E-state index contributed by atoms with van der Waals surface area (Å²) >= 11 is 0. The molecule has 0 fully saturated rings. The summed E-state index contributed by atoms with van der Waals surface area (Å²) in [5.74, 6) is 0.815. The van der Waals surface area contributed by atoms with E-state index in [1.165, 1.54) is 0 Å². The second-order valence-electron chi connectivity index (χ2n) is 4.04. The van der Waals surface area contributed by atoms with Crippen molar-refractivity contribution < 1.29 is 0 Å². The maximum Gasteiger partial charge on any atom is 0.127 e. The third-order valence-electron chi connectivity index (χ3n) is 2.83. The number of nitrogens with one attached hydrogen (secondary N) is 1. The van der Waals surface area contributed by atoms with E-state index in [4.69, 9.17) is 5.26 Å². The Morgan fingerprint density at radius 2 is 2.00 bits per heavy atom.